The molecule has 1 aliphatic rings. The lowest BCUT2D eigenvalue weighted by atomic mass is 9.70. The van der Waals surface area contributed by atoms with E-state index in [0.29, 0.717) is 6.10 Å². The molecule has 1 saturated heterocycles. The van der Waals surface area contributed by atoms with Crippen LogP contribution in [0, 0.1) is 5.41 Å². The Bertz CT molecular complexity index is 169. The molecule has 0 spiro atoms. The smallest absolute Gasteiger partial charge is 0.0578 e. The Kier molecular flexibility index (Phi) is 4.35. The van der Waals surface area contributed by atoms with Crippen molar-refractivity contribution < 1.29 is 9.84 Å². The molecule has 3 heteroatoms. The SMILES string of the molecule is CCC1CC(CCO)(C(C)N)CCO1. The van der Waals surface area contributed by atoms with Gasteiger partial charge in [0.15, 0.2) is 0 Å². The third-order valence-electron chi connectivity index (χ3n) is 3.62. The molecule has 3 nitrogen and oxygen atoms in total. The summed E-state index contributed by atoms with van der Waals surface area (Å²) in [5, 5.41) is 9.10. The first-order chi connectivity index (χ1) is 6.64. The van der Waals surface area contributed by atoms with Crippen molar-refractivity contribution in [1.82, 2.24) is 0 Å². The highest BCUT2D eigenvalue weighted by Gasteiger charge is 2.38. The van der Waals surface area contributed by atoms with Crippen molar-refractivity contribution in [2.24, 2.45) is 11.1 Å². The summed E-state index contributed by atoms with van der Waals surface area (Å²) in [5.74, 6) is 0. The Balaban J connectivity index is 2.65. The number of nitrogens with two attached hydrogens (primary N) is 1. The van der Waals surface area contributed by atoms with E-state index in [1.807, 2.05) is 6.92 Å². The van der Waals surface area contributed by atoms with E-state index in [0.717, 1.165) is 32.3 Å². The lowest BCUT2D eigenvalue weighted by molar-refractivity contribution is -0.0651. The summed E-state index contributed by atoms with van der Waals surface area (Å²) in [6.07, 6.45) is 4.18. The largest absolute Gasteiger partial charge is 0.396 e. The second-order valence-corrected chi connectivity index (χ2v) is 4.48. The van der Waals surface area contributed by atoms with Gasteiger partial charge in [-0.2, -0.15) is 0 Å². The van der Waals surface area contributed by atoms with Crippen molar-refractivity contribution in [3.8, 4) is 0 Å². The molecule has 0 radical (unpaired) electrons. The molecule has 0 aliphatic carbocycles. The van der Waals surface area contributed by atoms with Gasteiger partial charge in [0, 0.05) is 19.3 Å². The Labute approximate surface area is 86.6 Å². The van der Waals surface area contributed by atoms with Crippen LogP contribution in [0.5, 0.6) is 0 Å². The van der Waals surface area contributed by atoms with Crippen LogP contribution < -0.4 is 5.73 Å². The van der Waals surface area contributed by atoms with Gasteiger partial charge < -0.3 is 15.6 Å². The van der Waals surface area contributed by atoms with Crippen molar-refractivity contribution in [2.75, 3.05) is 13.2 Å². The molecule has 1 rings (SSSR count). The van der Waals surface area contributed by atoms with Crippen molar-refractivity contribution >= 4 is 0 Å². The van der Waals surface area contributed by atoms with E-state index >= 15 is 0 Å². The molecule has 3 atom stereocenters. The summed E-state index contributed by atoms with van der Waals surface area (Å²) in [4.78, 5) is 0. The Hall–Kier alpha value is -0.120. The molecule has 0 saturated carbocycles. The summed E-state index contributed by atoms with van der Waals surface area (Å²) in [6, 6.07) is 0.146. The predicted octanol–water partition coefficient (Wildman–Crippen LogP) is 1.29. The van der Waals surface area contributed by atoms with E-state index in [1.165, 1.54) is 0 Å². The van der Waals surface area contributed by atoms with Crippen LogP contribution in [-0.2, 0) is 4.74 Å². The predicted molar refractivity (Wildman–Crippen MR) is 57.1 cm³/mol. The molecule has 0 aromatic rings. The van der Waals surface area contributed by atoms with Gasteiger partial charge in [0.05, 0.1) is 6.10 Å². The van der Waals surface area contributed by atoms with E-state index in [-0.39, 0.29) is 18.1 Å². The average Bonchev–Trinajstić information content (AvgIpc) is 2.18. The number of hydrogen-bond donors (Lipinski definition) is 2. The number of aliphatic hydroxyl groups excluding tert-OH is 1. The monoisotopic (exact) mass is 201 g/mol. The molecule has 0 bridgehead atoms. The van der Waals surface area contributed by atoms with E-state index in [1.54, 1.807) is 0 Å². The van der Waals surface area contributed by atoms with Gasteiger partial charge in [-0.3, -0.25) is 0 Å². The molecule has 3 unspecified atom stereocenters. The summed E-state index contributed by atoms with van der Waals surface area (Å²) >= 11 is 0. The van der Waals surface area contributed by atoms with Crippen LogP contribution in [0.3, 0.4) is 0 Å². The minimum Gasteiger partial charge on any atom is -0.396 e. The maximum atomic E-state index is 9.10. The Morgan fingerprint density at radius 1 is 1.64 bits per heavy atom. The minimum absolute atomic E-state index is 0.105. The zero-order valence-corrected chi connectivity index (χ0v) is 9.33. The van der Waals surface area contributed by atoms with Crippen LogP contribution in [0.25, 0.3) is 0 Å². The van der Waals surface area contributed by atoms with Crippen LogP contribution in [0.15, 0.2) is 0 Å². The zero-order valence-electron chi connectivity index (χ0n) is 9.33. The lowest BCUT2D eigenvalue weighted by Gasteiger charge is -2.43. The number of hydrogen-bond acceptors (Lipinski definition) is 3. The molecule has 0 amide bonds. The molecule has 1 fully saturated rings. The third kappa shape index (κ3) is 2.47. The Morgan fingerprint density at radius 2 is 2.36 bits per heavy atom. The highest BCUT2D eigenvalue weighted by molar-refractivity contribution is 4.91. The van der Waals surface area contributed by atoms with E-state index < -0.39 is 0 Å². The van der Waals surface area contributed by atoms with E-state index in [4.69, 9.17) is 15.6 Å². The highest BCUT2D eigenvalue weighted by atomic mass is 16.5. The van der Waals surface area contributed by atoms with Crippen LogP contribution >= 0.6 is 0 Å². The second-order valence-electron chi connectivity index (χ2n) is 4.48. The summed E-state index contributed by atoms with van der Waals surface area (Å²) < 4.78 is 5.64. The molecule has 0 aromatic heterocycles. The van der Waals surface area contributed by atoms with Crippen molar-refractivity contribution in [1.29, 1.82) is 0 Å². The normalized spacial score (nSPS) is 35.6. The first-order valence-corrected chi connectivity index (χ1v) is 5.62. The van der Waals surface area contributed by atoms with E-state index in [2.05, 4.69) is 6.92 Å². The van der Waals surface area contributed by atoms with Crippen LogP contribution in [-0.4, -0.2) is 30.5 Å². The summed E-state index contributed by atoms with van der Waals surface area (Å²) in [7, 11) is 0. The summed E-state index contributed by atoms with van der Waals surface area (Å²) in [5.41, 5.74) is 6.14. The number of ether oxygens (including phenoxy) is 1. The topological polar surface area (TPSA) is 55.5 Å². The fourth-order valence-corrected chi connectivity index (χ4v) is 2.40. The molecular weight excluding hydrogens is 178 g/mol. The number of rotatable bonds is 4. The van der Waals surface area contributed by atoms with Gasteiger partial charge in [-0.25, -0.2) is 0 Å². The van der Waals surface area contributed by atoms with Gasteiger partial charge in [-0.15, -0.1) is 0 Å². The molecule has 84 valence electrons. The summed E-state index contributed by atoms with van der Waals surface area (Å²) in [6.45, 7) is 5.21. The van der Waals surface area contributed by atoms with E-state index in [9.17, 15) is 0 Å². The molecule has 1 aliphatic heterocycles. The van der Waals surface area contributed by atoms with Crippen LogP contribution in [0.1, 0.15) is 39.5 Å². The molecule has 3 N–H and O–H groups in total. The molecule has 0 aromatic carbocycles. The number of aliphatic hydroxyl groups is 1. The first-order valence-electron chi connectivity index (χ1n) is 5.62. The van der Waals surface area contributed by atoms with Gasteiger partial charge in [0.2, 0.25) is 0 Å². The van der Waals surface area contributed by atoms with Gasteiger partial charge in [0.25, 0.3) is 0 Å². The average molecular weight is 201 g/mol. The molecule has 14 heavy (non-hydrogen) atoms. The van der Waals surface area contributed by atoms with Gasteiger partial charge in [-0.05, 0) is 38.0 Å². The molecule has 1 heterocycles. The Morgan fingerprint density at radius 3 is 2.86 bits per heavy atom. The third-order valence-corrected chi connectivity index (χ3v) is 3.62. The quantitative estimate of drug-likeness (QED) is 0.720. The first kappa shape index (κ1) is 12.0. The standard InChI is InChI=1S/C11H23NO2/c1-3-10-8-11(4-6-13,9(2)12)5-7-14-10/h9-10,13H,3-8,12H2,1-2H3. The fraction of sp³-hybridized carbons (Fsp3) is 1.00. The maximum absolute atomic E-state index is 9.10. The maximum Gasteiger partial charge on any atom is 0.0578 e. The van der Waals surface area contributed by atoms with Gasteiger partial charge in [-0.1, -0.05) is 6.92 Å². The molecular formula is C11H23NO2. The minimum atomic E-state index is 0.105. The van der Waals surface area contributed by atoms with Crippen LogP contribution in [0.2, 0.25) is 0 Å². The fourth-order valence-electron chi connectivity index (χ4n) is 2.40. The van der Waals surface area contributed by atoms with Gasteiger partial charge in [0.1, 0.15) is 0 Å². The van der Waals surface area contributed by atoms with Crippen molar-refractivity contribution in [2.45, 2.75) is 51.7 Å². The zero-order chi connectivity index (χ0) is 10.6. The van der Waals surface area contributed by atoms with Crippen molar-refractivity contribution in [3.63, 3.8) is 0 Å². The van der Waals surface area contributed by atoms with Gasteiger partial charge >= 0.3 is 0 Å². The van der Waals surface area contributed by atoms with Crippen LogP contribution in [0.4, 0.5) is 0 Å². The lowest BCUT2D eigenvalue weighted by Crippen LogP contribution is -2.47. The highest BCUT2D eigenvalue weighted by Crippen LogP contribution is 2.39. The second kappa shape index (κ2) is 5.10. The van der Waals surface area contributed by atoms with Crippen molar-refractivity contribution in [3.05, 3.63) is 0 Å².